The van der Waals surface area contributed by atoms with Gasteiger partial charge in [0.2, 0.25) is 0 Å². The van der Waals surface area contributed by atoms with E-state index in [9.17, 15) is 9.59 Å². The van der Waals surface area contributed by atoms with Crippen molar-refractivity contribution in [2.24, 2.45) is 4.99 Å². The maximum absolute atomic E-state index is 13.7. The number of halogens is 2. The Labute approximate surface area is 225 Å². The van der Waals surface area contributed by atoms with Gasteiger partial charge in [0.05, 0.1) is 30.0 Å². The van der Waals surface area contributed by atoms with Crippen molar-refractivity contribution in [2.75, 3.05) is 14.2 Å². The van der Waals surface area contributed by atoms with Gasteiger partial charge in [0.15, 0.2) is 4.80 Å². The highest BCUT2D eigenvalue weighted by Crippen LogP contribution is 2.37. The second-order valence-corrected chi connectivity index (χ2v) is 10.1. The molecule has 0 radical (unpaired) electrons. The third-order valence-corrected chi connectivity index (χ3v) is 7.38. The van der Waals surface area contributed by atoms with Gasteiger partial charge in [-0.2, -0.15) is 0 Å². The molecule has 0 fully saturated rings. The zero-order valence-electron chi connectivity index (χ0n) is 20.0. The molecule has 0 amide bonds. The van der Waals surface area contributed by atoms with E-state index in [4.69, 9.17) is 37.1 Å². The van der Waals surface area contributed by atoms with Crippen molar-refractivity contribution in [2.45, 2.75) is 13.0 Å². The number of furan rings is 1. The topological polar surface area (TPSA) is 83.0 Å². The lowest BCUT2D eigenvalue weighted by molar-refractivity contribution is -0.136. The van der Waals surface area contributed by atoms with Crippen molar-refractivity contribution in [3.8, 4) is 17.1 Å². The first-order valence-electron chi connectivity index (χ1n) is 11.1. The van der Waals surface area contributed by atoms with E-state index >= 15 is 0 Å². The molecule has 188 valence electrons. The molecule has 0 saturated heterocycles. The number of nitrogens with zero attached hydrogens (tertiary/aromatic N) is 2. The highest BCUT2D eigenvalue weighted by Gasteiger charge is 2.35. The van der Waals surface area contributed by atoms with Crippen LogP contribution < -0.4 is 19.6 Å². The van der Waals surface area contributed by atoms with E-state index in [1.165, 1.54) is 30.1 Å². The Morgan fingerprint density at radius 3 is 2.62 bits per heavy atom. The van der Waals surface area contributed by atoms with Gasteiger partial charge in [-0.1, -0.05) is 46.7 Å². The zero-order chi connectivity index (χ0) is 26.3. The number of methoxy groups -OCH3 is 2. The lowest BCUT2D eigenvalue weighted by atomic mass is 9.95. The molecule has 3 heterocycles. The lowest BCUT2D eigenvalue weighted by Crippen LogP contribution is -2.40. The Hall–Kier alpha value is -3.59. The first-order valence-corrected chi connectivity index (χ1v) is 12.7. The van der Waals surface area contributed by atoms with E-state index in [1.807, 2.05) is 18.2 Å². The molecule has 0 saturated carbocycles. The van der Waals surface area contributed by atoms with Crippen LogP contribution in [0, 0.1) is 0 Å². The highest BCUT2D eigenvalue weighted by molar-refractivity contribution is 7.07. The summed E-state index contributed by atoms with van der Waals surface area (Å²) in [6.45, 7) is 1.71. The van der Waals surface area contributed by atoms with E-state index in [-0.39, 0.29) is 11.1 Å². The van der Waals surface area contributed by atoms with Crippen LogP contribution in [-0.4, -0.2) is 24.8 Å². The summed E-state index contributed by atoms with van der Waals surface area (Å²) < 4.78 is 18.4. The minimum absolute atomic E-state index is 0.225. The Bertz CT molecular complexity index is 1750. The first kappa shape index (κ1) is 25.1. The SMILES string of the molecule is COC(=O)C1=C(C)N=c2s/c(=C\c3ccc(-c4cccc(Cl)c4)o3)c(=O)n2[C@@H]1c1cc(Cl)ccc1OC. The van der Waals surface area contributed by atoms with Crippen LogP contribution in [0.1, 0.15) is 24.3 Å². The third kappa shape index (κ3) is 4.64. The number of fused-ring (bicyclic) bond motifs is 1. The number of ether oxygens (including phenoxy) is 2. The molecule has 10 heteroatoms. The normalized spacial score (nSPS) is 15.4. The van der Waals surface area contributed by atoms with E-state index < -0.39 is 12.0 Å². The van der Waals surface area contributed by atoms with Crippen LogP contribution in [0.3, 0.4) is 0 Å². The van der Waals surface area contributed by atoms with Crippen molar-refractivity contribution in [1.29, 1.82) is 0 Å². The number of carbonyl (C=O) groups is 1. The second kappa shape index (κ2) is 10.0. The molecule has 1 atom stereocenters. The van der Waals surface area contributed by atoms with Gasteiger partial charge in [-0.15, -0.1) is 0 Å². The molecule has 0 aliphatic carbocycles. The van der Waals surface area contributed by atoms with Gasteiger partial charge in [-0.3, -0.25) is 9.36 Å². The Morgan fingerprint density at radius 1 is 1.11 bits per heavy atom. The van der Waals surface area contributed by atoms with Crippen LogP contribution in [-0.2, 0) is 9.53 Å². The number of carbonyl (C=O) groups excluding carboxylic acids is 1. The fraction of sp³-hybridized carbons (Fsp3) is 0.148. The van der Waals surface area contributed by atoms with Crippen LogP contribution in [0.5, 0.6) is 5.75 Å². The highest BCUT2D eigenvalue weighted by atomic mass is 35.5. The maximum Gasteiger partial charge on any atom is 0.338 e. The molecular weight excluding hydrogens is 535 g/mol. The smallest absolute Gasteiger partial charge is 0.338 e. The van der Waals surface area contributed by atoms with Crippen LogP contribution in [0.25, 0.3) is 17.4 Å². The largest absolute Gasteiger partial charge is 0.496 e. The fourth-order valence-corrected chi connectivity index (χ4v) is 5.66. The van der Waals surface area contributed by atoms with Gasteiger partial charge < -0.3 is 13.9 Å². The predicted octanol–water partition coefficient (Wildman–Crippen LogP) is 4.98. The summed E-state index contributed by atoms with van der Waals surface area (Å²) in [4.78, 5) is 31.6. The van der Waals surface area contributed by atoms with Crippen molar-refractivity contribution < 1.29 is 18.7 Å². The number of hydrogen-bond acceptors (Lipinski definition) is 7. The number of allylic oxidation sites excluding steroid dienone is 1. The van der Waals surface area contributed by atoms with Gasteiger partial charge in [0.1, 0.15) is 23.3 Å². The third-order valence-electron chi connectivity index (χ3n) is 5.92. The van der Waals surface area contributed by atoms with Gasteiger partial charge in [0, 0.05) is 27.2 Å². The van der Waals surface area contributed by atoms with Gasteiger partial charge in [-0.05, 0) is 49.4 Å². The molecule has 0 unspecified atom stereocenters. The minimum atomic E-state index is -0.849. The summed E-state index contributed by atoms with van der Waals surface area (Å²) in [6, 6.07) is 15.1. The summed E-state index contributed by atoms with van der Waals surface area (Å²) in [7, 11) is 2.80. The second-order valence-electron chi connectivity index (χ2n) is 8.17. The van der Waals surface area contributed by atoms with E-state index in [0.29, 0.717) is 47.9 Å². The first-order chi connectivity index (χ1) is 17.8. The van der Waals surface area contributed by atoms with Crippen molar-refractivity contribution in [1.82, 2.24) is 4.57 Å². The summed E-state index contributed by atoms with van der Waals surface area (Å²) in [6.07, 6.45) is 1.65. The number of rotatable bonds is 5. The van der Waals surface area contributed by atoms with E-state index in [1.54, 1.807) is 49.4 Å². The van der Waals surface area contributed by atoms with E-state index in [0.717, 1.165) is 5.56 Å². The Balaban J connectivity index is 1.69. The molecule has 0 bridgehead atoms. The maximum atomic E-state index is 13.7. The van der Waals surface area contributed by atoms with Gasteiger partial charge in [-0.25, -0.2) is 9.79 Å². The molecular formula is C27H20Cl2N2O5S. The minimum Gasteiger partial charge on any atom is -0.496 e. The standard InChI is InChI=1S/C27H20Cl2N2O5S/c1-14-23(26(33)35-3)24(19-12-17(29)7-9-21(19)34-2)31-25(32)22(37-27(31)30-14)13-18-8-10-20(36-18)15-5-4-6-16(28)11-15/h4-13,24H,1-3H3/b22-13-/t24-/m1/s1. The average molecular weight is 555 g/mol. The van der Waals surface area contributed by atoms with Crippen molar-refractivity contribution in [3.05, 3.63) is 107 Å². The lowest BCUT2D eigenvalue weighted by Gasteiger charge is -2.25. The van der Waals surface area contributed by atoms with E-state index in [2.05, 4.69) is 4.99 Å². The number of thiazole rings is 1. The summed E-state index contributed by atoms with van der Waals surface area (Å²) in [5, 5.41) is 1.03. The average Bonchev–Trinajstić information content (AvgIpc) is 3.47. The fourth-order valence-electron chi connectivity index (χ4n) is 4.26. The summed E-state index contributed by atoms with van der Waals surface area (Å²) in [5.41, 5.74) is 1.68. The van der Waals surface area contributed by atoms with Gasteiger partial charge >= 0.3 is 5.97 Å². The molecule has 0 N–H and O–H groups in total. The molecule has 4 aromatic rings. The van der Waals surface area contributed by atoms with Crippen LogP contribution >= 0.6 is 34.5 Å². The Kier molecular flexibility index (Phi) is 6.81. The van der Waals surface area contributed by atoms with Gasteiger partial charge in [0.25, 0.3) is 5.56 Å². The molecule has 5 rings (SSSR count). The molecule has 1 aliphatic rings. The quantitative estimate of drug-likeness (QED) is 0.325. The van der Waals surface area contributed by atoms with Crippen molar-refractivity contribution >= 4 is 46.6 Å². The Morgan fingerprint density at radius 2 is 1.89 bits per heavy atom. The monoisotopic (exact) mass is 554 g/mol. The van der Waals surface area contributed by atoms with Crippen molar-refractivity contribution in [3.63, 3.8) is 0 Å². The number of aromatic nitrogens is 1. The zero-order valence-corrected chi connectivity index (χ0v) is 22.3. The number of esters is 1. The summed E-state index contributed by atoms with van der Waals surface area (Å²) >= 11 is 13.6. The molecule has 2 aromatic carbocycles. The predicted molar refractivity (Wildman–Crippen MR) is 143 cm³/mol. The van der Waals surface area contributed by atoms with Crippen LogP contribution in [0.4, 0.5) is 0 Å². The number of hydrogen-bond donors (Lipinski definition) is 0. The van der Waals surface area contributed by atoms with Crippen LogP contribution in [0.15, 0.2) is 80.1 Å². The summed E-state index contributed by atoms with van der Waals surface area (Å²) in [5.74, 6) is 0.977. The van der Waals surface area contributed by atoms with Crippen LogP contribution in [0.2, 0.25) is 10.0 Å². The molecule has 37 heavy (non-hydrogen) atoms. The molecule has 0 spiro atoms. The molecule has 2 aromatic heterocycles. The molecule has 7 nitrogen and oxygen atoms in total. The number of benzene rings is 2. The molecule has 1 aliphatic heterocycles.